The van der Waals surface area contributed by atoms with Crippen molar-refractivity contribution in [1.29, 1.82) is 0 Å². The van der Waals surface area contributed by atoms with E-state index < -0.39 is 5.97 Å². The first kappa shape index (κ1) is 24.4. The molecular weight excluding hydrogens is 360 g/mol. The van der Waals surface area contributed by atoms with E-state index in [1.165, 1.54) is 77.0 Å². The van der Waals surface area contributed by atoms with Crippen LogP contribution in [-0.2, 0) is 9.53 Å². The molecule has 0 bridgehead atoms. The van der Waals surface area contributed by atoms with Gasteiger partial charge in [0.2, 0.25) is 0 Å². The van der Waals surface area contributed by atoms with Crippen LogP contribution in [0.2, 0.25) is 0 Å². The fourth-order valence-electron chi connectivity index (χ4n) is 5.46. The van der Waals surface area contributed by atoms with Gasteiger partial charge in [-0.15, -0.1) is 0 Å². The van der Waals surface area contributed by atoms with Gasteiger partial charge in [0, 0.05) is 18.8 Å². The summed E-state index contributed by atoms with van der Waals surface area (Å²) >= 11 is 0. The Morgan fingerprint density at radius 2 is 1.52 bits per heavy atom. The maximum atomic E-state index is 10.7. The van der Waals surface area contributed by atoms with E-state index in [4.69, 9.17) is 9.84 Å². The highest BCUT2D eigenvalue weighted by Gasteiger charge is 2.30. The van der Waals surface area contributed by atoms with Crippen LogP contribution in [0, 0.1) is 23.7 Å². The van der Waals surface area contributed by atoms with Crippen LogP contribution >= 0.6 is 0 Å². The minimum Gasteiger partial charge on any atom is -0.478 e. The second-order valence-electron chi connectivity index (χ2n) is 9.82. The van der Waals surface area contributed by atoms with E-state index in [9.17, 15) is 4.79 Å². The predicted molar refractivity (Wildman–Crippen MR) is 121 cm³/mol. The van der Waals surface area contributed by atoms with Crippen LogP contribution in [0.5, 0.6) is 0 Å². The van der Waals surface area contributed by atoms with Gasteiger partial charge in [-0.05, 0) is 88.4 Å². The molecule has 0 unspecified atom stereocenters. The highest BCUT2D eigenvalue weighted by Crippen LogP contribution is 2.42. The molecule has 0 saturated heterocycles. The predicted octanol–water partition coefficient (Wildman–Crippen LogP) is 7.40. The Kier molecular flexibility index (Phi) is 12.0. The summed E-state index contributed by atoms with van der Waals surface area (Å²) in [5.41, 5.74) is 0.452. The maximum absolute atomic E-state index is 10.7. The zero-order valence-corrected chi connectivity index (χ0v) is 19.2. The van der Waals surface area contributed by atoms with Gasteiger partial charge in [0.1, 0.15) is 0 Å². The van der Waals surface area contributed by atoms with Gasteiger partial charge in [0.05, 0.1) is 0 Å². The topological polar surface area (TPSA) is 46.5 Å². The lowest BCUT2D eigenvalue weighted by molar-refractivity contribution is -0.132. The summed E-state index contributed by atoms with van der Waals surface area (Å²) in [7, 11) is 0. The SMILES string of the molecule is CCCCC[C@H]1CC[C@H]([C@H]2CC[C@H](COCCCCC=C(C)C(=O)O)CC2)CC1. The van der Waals surface area contributed by atoms with E-state index in [-0.39, 0.29) is 0 Å². The van der Waals surface area contributed by atoms with Crippen molar-refractivity contribution < 1.29 is 14.6 Å². The van der Waals surface area contributed by atoms with Gasteiger partial charge in [-0.25, -0.2) is 4.79 Å². The first-order valence-corrected chi connectivity index (χ1v) is 12.6. The molecule has 0 heterocycles. The molecule has 0 aromatic carbocycles. The molecule has 0 amide bonds. The molecule has 3 nitrogen and oxygen atoms in total. The van der Waals surface area contributed by atoms with E-state index >= 15 is 0 Å². The fourth-order valence-corrected chi connectivity index (χ4v) is 5.46. The summed E-state index contributed by atoms with van der Waals surface area (Å²) in [6.07, 6.45) is 22.0. The van der Waals surface area contributed by atoms with Gasteiger partial charge in [0.15, 0.2) is 0 Å². The molecular formula is C26H46O3. The van der Waals surface area contributed by atoms with E-state index in [1.54, 1.807) is 6.92 Å². The summed E-state index contributed by atoms with van der Waals surface area (Å²) in [5.74, 6) is 3.00. The smallest absolute Gasteiger partial charge is 0.330 e. The van der Waals surface area contributed by atoms with Crippen molar-refractivity contribution in [2.75, 3.05) is 13.2 Å². The van der Waals surface area contributed by atoms with E-state index in [0.29, 0.717) is 5.57 Å². The van der Waals surface area contributed by atoms with Crippen molar-refractivity contribution in [2.24, 2.45) is 23.7 Å². The largest absolute Gasteiger partial charge is 0.478 e. The van der Waals surface area contributed by atoms with Crippen LogP contribution in [0.4, 0.5) is 0 Å². The number of aliphatic carboxylic acids is 1. The molecule has 0 spiro atoms. The number of allylic oxidation sites excluding steroid dienone is 1. The van der Waals surface area contributed by atoms with E-state index in [2.05, 4.69) is 6.92 Å². The van der Waals surface area contributed by atoms with Crippen molar-refractivity contribution in [3.8, 4) is 0 Å². The Morgan fingerprint density at radius 1 is 0.897 bits per heavy atom. The third kappa shape index (κ3) is 9.68. The van der Waals surface area contributed by atoms with Crippen molar-refractivity contribution in [2.45, 2.75) is 110 Å². The standard InChI is InChI=1S/C26H46O3/c1-3-4-6-10-22-11-15-24(16-12-22)25-17-13-23(14-18-25)20-29-19-8-5-7-9-21(2)26(27)28/h9,22-25H,3-8,10-20H2,1-2H3,(H,27,28)/t22-,23-,24-,25-. The van der Waals surface area contributed by atoms with Gasteiger partial charge in [-0.2, -0.15) is 0 Å². The van der Waals surface area contributed by atoms with Gasteiger partial charge in [-0.1, -0.05) is 51.5 Å². The Labute approximate surface area is 179 Å². The van der Waals surface area contributed by atoms with E-state index in [0.717, 1.165) is 56.1 Å². The molecule has 2 aliphatic rings. The molecule has 0 aromatic heterocycles. The van der Waals surface area contributed by atoms with Crippen LogP contribution in [0.25, 0.3) is 0 Å². The summed E-state index contributed by atoms with van der Waals surface area (Å²) in [4.78, 5) is 10.7. The molecule has 2 saturated carbocycles. The molecule has 2 fully saturated rings. The first-order valence-electron chi connectivity index (χ1n) is 12.6. The van der Waals surface area contributed by atoms with E-state index in [1.807, 2.05) is 6.08 Å². The van der Waals surface area contributed by atoms with Crippen LogP contribution in [0.3, 0.4) is 0 Å². The maximum Gasteiger partial charge on any atom is 0.330 e. The van der Waals surface area contributed by atoms with Crippen LogP contribution < -0.4 is 0 Å². The van der Waals surface area contributed by atoms with Gasteiger partial charge >= 0.3 is 5.97 Å². The molecule has 0 atom stereocenters. The molecule has 2 aliphatic carbocycles. The number of hydrogen-bond acceptors (Lipinski definition) is 2. The normalized spacial score (nSPS) is 28.4. The van der Waals surface area contributed by atoms with Crippen molar-refractivity contribution in [3.63, 3.8) is 0 Å². The minimum atomic E-state index is -0.808. The second-order valence-corrected chi connectivity index (χ2v) is 9.82. The number of ether oxygens (including phenoxy) is 1. The van der Waals surface area contributed by atoms with Crippen LogP contribution in [-0.4, -0.2) is 24.3 Å². The summed E-state index contributed by atoms with van der Waals surface area (Å²) in [5, 5.41) is 8.83. The Balaban J connectivity index is 1.48. The molecule has 2 rings (SSSR count). The van der Waals surface area contributed by atoms with Crippen LogP contribution in [0.1, 0.15) is 110 Å². The summed E-state index contributed by atoms with van der Waals surface area (Å²) < 4.78 is 5.93. The first-order chi connectivity index (χ1) is 14.1. The Morgan fingerprint density at radius 3 is 2.10 bits per heavy atom. The average Bonchev–Trinajstić information content (AvgIpc) is 2.74. The lowest BCUT2D eigenvalue weighted by atomic mass is 9.69. The third-order valence-electron chi connectivity index (χ3n) is 7.55. The van der Waals surface area contributed by atoms with Gasteiger partial charge in [0.25, 0.3) is 0 Å². The molecule has 3 heteroatoms. The van der Waals surface area contributed by atoms with Gasteiger partial charge < -0.3 is 9.84 Å². The second kappa shape index (κ2) is 14.2. The third-order valence-corrected chi connectivity index (χ3v) is 7.55. The van der Waals surface area contributed by atoms with Crippen molar-refractivity contribution in [1.82, 2.24) is 0 Å². The molecule has 29 heavy (non-hydrogen) atoms. The Bertz CT molecular complexity index is 468. The number of carboxylic acids is 1. The number of carboxylic acid groups (broad SMARTS) is 1. The molecule has 0 aromatic rings. The highest BCUT2D eigenvalue weighted by atomic mass is 16.5. The van der Waals surface area contributed by atoms with Crippen molar-refractivity contribution >= 4 is 5.97 Å². The molecule has 0 aliphatic heterocycles. The van der Waals surface area contributed by atoms with Crippen molar-refractivity contribution in [3.05, 3.63) is 11.6 Å². The molecule has 0 radical (unpaired) electrons. The Hall–Kier alpha value is -0.830. The minimum absolute atomic E-state index is 0.452. The van der Waals surface area contributed by atoms with Crippen LogP contribution in [0.15, 0.2) is 11.6 Å². The quantitative estimate of drug-likeness (QED) is 0.256. The fraction of sp³-hybridized carbons (Fsp3) is 0.885. The zero-order valence-electron chi connectivity index (χ0n) is 19.2. The zero-order chi connectivity index (χ0) is 20.9. The summed E-state index contributed by atoms with van der Waals surface area (Å²) in [6.45, 7) is 5.72. The molecule has 1 N–H and O–H groups in total. The monoisotopic (exact) mass is 406 g/mol. The number of rotatable bonds is 13. The summed E-state index contributed by atoms with van der Waals surface area (Å²) in [6, 6.07) is 0. The van der Waals surface area contributed by atoms with Gasteiger partial charge in [-0.3, -0.25) is 0 Å². The highest BCUT2D eigenvalue weighted by molar-refractivity contribution is 5.85. The lowest BCUT2D eigenvalue weighted by Gasteiger charge is -2.38. The number of unbranched alkanes of at least 4 members (excludes halogenated alkanes) is 4. The average molecular weight is 407 g/mol. The molecule has 168 valence electrons. The number of carbonyl (C=O) groups is 1. The lowest BCUT2D eigenvalue weighted by Crippen LogP contribution is -2.27. The number of hydrogen-bond donors (Lipinski definition) is 1.